The molecule has 4 rings (SSSR count). The SMILES string of the molecule is [C-]#[N+]c1ccc(N2CCC(O)(CCOc3ccc(CN4CCOCC4)cc3C)CC2)cc1C(F)(F)F. The molecule has 0 amide bonds. The van der Waals surface area contributed by atoms with Crippen LogP contribution in [0.4, 0.5) is 24.5 Å². The summed E-state index contributed by atoms with van der Waals surface area (Å²) in [5.41, 5.74) is 0.443. The standard InChI is InChI=1S/C27H32F3N3O3/c1-20-17-21(19-32-12-15-35-16-13-32)3-6-25(20)36-14-9-26(34)7-10-33(11-8-26)22-4-5-24(31-2)23(18-22)27(28,29)30/h3-6,17-18,34H,7-16,19H2,1H3. The van der Waals surface area contributed by atoms with Gasteiger partial charge < -0.3 is 19.5 Å². The number of hydrogen-bond donors (Lipinski definition) is 1. The fraction of sp³-hybridized carbons (Fsp3) is 0.519. The maximum Gasteiger partial charge on any atom is 0.407 e. The molecule has 1 N–H and O–H groups in total. The Morgan fingerprint density at radius 3 is 2.44 bits per heavy atom. The van der Waals surface area contributed by atoms with Crippen LogP contribution < -0.4 is 9.64 Å². The van der Waals surface area contributed by atoms with E-state index in [1.807, 2.05) is 17.9 Å². The molecule has 2 aromatic carbocycles. The lowest BCUT2D eigenvalue weighted by Crippen LogP contribution is -2.45. The molecule has 2 aliphatic rings. The molecule has 2 heterocycles. The monoisotopic (exact) mass is 503 g/mol. The number of morpholine rings is 1. The zero-order valence-corrected chi connectivity index (χ0v) is 20.5. The second kappa shape index (κ2) is 11.1. The van der Waals surface area contributed by atoms with E-state index in [0.29, 0.717) is 44.6 Å². The lowest BCUT2D eigenvalue weighted by atomic mass is 9.88. The Morgan fingerprint density at radius 2 is 1.81 bits per heavy atom. The Hall–Kier alpha value is -2.80. The Bertz CT molecular complexity index is 1090. The van der Waals surface area contributed by atoms with Gasteiger partial charge in [0.2, 0.25) is 0 Å². The Balaban J connectivity index is 1.28. The van der Waals surface area contributed by atoms with Gasteiger partial charge in [0.15, 0.2) is 5.69 Å². The molecule has 2 saturated heterocycles. The molecule has 0 radical (unpaired) electrons. The minimum atomic E-state index is -4.58. The molecule has 2 aromatic rings. The Kier molecular flexibility index (Phi) is 8.08. The molecular formula is C27H32F3N3O3. The van der Waals surface area contributed by atoms with Gasteiger partial charge in [-0.3, -0.25) is 4.90 Å². The molecule has 0 atom stereocenters. The molecule has 6 nitrogen and oxygen atoms in total. The van der Waals surface area contributed by atoms with Crippen LogP contribution >= 0.6 is 0 Å². The number of hydrogen-bond acceptors (Lipinski definition) is 5. The van der Waals surface area contributed by atoms with E-state index in [1.165, 1.54) is 11.6 Å². The maximum atomic E-state index is 13.3. The fourth-order valence-electron chi connectivity index (χ4n) is 4.82. The van der Waals surface area contributed by atoms with Gasteiger partial charge in [0.1, 0.15) is 5.75 Å². The third-order valence-electron chi connectivity index (χ3n) is 7.04. The van der Waals surface area contributed by atoms with Crippen LogP contribution in [0.3, 0.4) is 0 Å². The van der Waals surface area contributed by atoms with Crippen molar-refractivity contribution < 1.29 is 27.8 Å². The molecule has 0 aromatic heterocycles. The van der Waals surface area contributed by atoms with Crippen molar-refractivity contribution in [3.8, 4) is 5.75 Å². The Morgan fingerprint density at radius 1 is 1.08 bits per heavy atom. The highest BCUT2D eigenvalue weighted by molar-refractivity contribution is 5.62. The maximum absolute atomic E-state index is 13.3. The van der Waals surface area contributed by atoms with E-state index in [9.17, 15) is 18.3 Å². The predicted octanol–water partition coefficient (Wildman–Crippen LogP) is 5.20. The molecular weight excluding hydrogens is 471 g/mol. The quantitative estimate of drug-likeness (QED) is 0.527. The first kappa shape index (κ1) is 26.3. The first-order chi connectivity index (χ1) is 17.2. The smallest absolute Gasteiger partial charge is 0.407 e. The van der Waals surface area contributed by atoms with Gasteiger partial charge in [-0.2, -0.15) is 13.2 Å². The van der Waals surface area contributed by atoms with E-state index in [4.69, 9.17) is 16.0 Å². The number of aryl methyl sites for hydroxylation is 1. The summed E-state index contributed by atoms with van der Waals surface area (Å²) < 4.78 is 51.3. The highest BCUT2D eigenvalue weighted by Gasteiger charge is 2.36. The fourth-order valence-corrected chi connectivity index (χ4v) is 4.82. The second-order valence-electron chi connectivity index (χ2n) is 9.61. The number of aliphatic hydroxyl groups is 1. The van der Waals surface area contributed by atoms with Crippen molar-refractivity contribution in [1.82, 2.24) is 4.90 Å². The van der Waals surface area contributed by atoms with Crippen molar-refractivity contribution in [1.29, 1.82) is 0 Å². The van der Waals surface area contributed by atoms with Crippen molar-refractivity contribution in [2.75, 3.05) is 50.9 Å². The summed E-state index contributed by atoms with van der Waals surface area (Å²) in [5, 5.41) is 11.0. The van der Waals surface area contributed by atoms with Crippen LogP contribution in [-0.4, -0.2) is 61.6 Å². The van der Waals surface area contributed by atoms with Crippen molar-refractivity contribution in [3.05, 3.63) is 64.5 Å². The first-order valence-electron chi connectivity index (χ1n) is 12.3. The molecule has 9 heteroatoms. The number of piperidine rings is 1. The number of rotatable bonds is 7. The molecule has 0 saturated carbocycles. The minimum Gasteiger partial charge on any atom is -0.493 e. The largest absolute Gasteiger partial charge is 0.493 e. The molecule has 0 spiro atoms. The van der Waals surface area contributed by atoms with Gasteiger partial charge in [-0.25, -0.2) is 4.85 Å². The van der Waals surface area contributed by atoms with Gasteiger partial charge in [-0.15, -0.1) is 0 Å². The van der Waals surface area contributed by atoms with Crippen molar-refractivity contribution in [3.63, 3.8) is 0 Å². The average Bonchev–Trinajstić information content (AvgIpc) is 2.85. The van der Waals surface area contributed by atoms with Gasteiger partial charge in [0, 0.05) is 44.8 Å². The van der Waals surface area contributed by atoms with Crippen LogP contribution in [-0.2, 0) is 17.5 Å². The third kappa shape index (κ3) is 6.49. The first-order valence-corrected chi connectivity index (χ1v) is 12.3. The van der Waals surface area contributed by atoms with Gasteiger partial charge in [0.25, 0.3) is 0 Å². The Labute approximate surface area is 210 Å². The van der Waals surface area contributed by atoms with E-state index in [-0.39, 0.29) is 0 Å². The van der Waals surface area contributed by atoms with E-state index in [0.717, 1.165) is 50.2 Å². The average molecular weight is 504 g/mol. The van der Waals surface area contributed by atoms with Crippen LogP contribution in [0, 0.1) is 13.5 Å². The highest BCUT2D eigenvalue weighted by atomic mass is 19.4. The number of alkyl halides is 3. The van der Waals surface area contributed by atoms with Crippen molar-refractivity contribution in [2.24, 2.45) is 0 Å². The van der Waals surface area contributed by atoms with Crippen LogP contribution in [0.2, 0.25) is 0 Å². The van der Waals surface area contributed by atoms with Gasteiger partial charge in [0.05, 0.1) is 37.6 Å². The summed E-state index contributed by atoms with van der Waals surface area (Å²) in [5.74, 6) is 0.793. The number of ether oxygens (including phenoxy) is 2. The van der Waals surface area contributed by atoms with Crippen molar-refractivity contribution in [2.45, 2.75) is 44.5 Å². The van der Waals surface area contributed by atoms with Crippen LogP contribution in [0.5, 0.6) is 5.75 Å². The summed E-state index contributed by atoms with van der Waals surface area (Å²) in [6.07, 6.45) is -3.28. The van der Waals surface area contributed by atoms with Crippen LogP contribution in [0.25, 0.3) is 4.85 Å². The molecule has 0 unspecified atom stereocenters. The van der Waals surface area contributed by atoms with Crippen LogP contribution in [0.1, 0.15) is 36.0 Å². The summed E-state index contributed by atoms with van der Waals surface area (Å²) in [6.45, 7) is 14.5. The van der Waals surface area contributed by atoms with Gasteiger partial charge in [-0.1, -0.05) is 18.2 Å². The van der Waals surface area contributed by atoms with Crippen LogP contribution in [0.15, 0.2) is 36.4 Å². The molecule has 0 bridgehead atoms. The summed E-state index contributed by atoms with van der Waals surface area (Å²) in [6, 6.07) is 9.97. The van der Waals surface area contributed by atoms with Crippen molar-refractivity contribution >= 4 is 11.4 Å². The lowest BCUT2D eigenvalue weighted by molar-refractivity contribution is -0.136. The number of nitrogens with zero attached hydrogens (tertiary/aromatic N) is 3. The lowest BCUT2D eigenvalue weighted by Gasteiger charge is -2.39. The summed E-state index contributed by atoms with van der Waals surface area (Å²) in [7, 11) is 0. The van der Waals surface area contributed by atoms with Gasteiger partial charge in [-0.05, 0) is 49.1 Å². The molecule has 2 fully saturated rings. The molecule has 36 heavy (non-hydrogen) atoms. The van der Waals surface area contributed by atoms with E-state index in [1.54, 1.807) is 6.07 Å². The normalized spacial score (nSPS) is 18.6. The third-order valence-corrected chi connectivity index (χ3v) is 7.04. The van der Waals surface area contributed by atoms with E-state index < -0.39 is 23.0 Å². The zero-order chi connectivity index (χ0) is 25.8. The second-order valence-corrected chi connectivity index (χ2v) is 9.61. The van der Waals surface area contributed by atoms with E-state index in [2.05, 4.69) is 21.9 Å². The molecule has 194 valence electrons. The van der Waals surface area contributed by atoms with E-state index >= 15 is 0 Å². The topological polar surface area (TPSA) is 49.5 Å². The highest BCUT2D eigenvalue weighted by Crippen LogP contribution is 2.39. The number of benzene rings is 2. The zero-order valence-electron chi connectivity index (χ0n) is 20.5. The summed E-state index contributed by atoms with van der Waals surface area (Å²) >= 11 is 0. The molecule has 2 aliphatic heterocycles. The minimum absolute atomic E-state index is 0.359. The number of halogens is 3. The van der Waals surface area contributed by atoms with Gasteiger partial charge >= 0.3 is 6.18 Å². The predicted molar refractivity (Wildman–Crippen MR) is 131 cm³/mol. The summed E-state index contributed by atoms with van der Waals surface area (Å²) in [4.78, 5) is 7.19. The molecule has 0 aliphatic carbocycles. The number of anilines is 1.